The third kappa shape index (κ3) is 3.93. The summed E-state index contributed by atoms with van der Waals surface area (Å²) < 4.78 is 5.46. The van der Waals surface area contributed by atoms with Crippen molar-refractivity contribution in [3.8, 4) is 0 Å². The highest BCUT2D eigenvalue weighted by Gasteiger charge is 2.10. The van der Waals surface area contributed by atoms with E-state index in [-0.39, 0.29) is 0 Å². The van der Waals surface area contributed by atoms with Crippen LogP contribution in [0, 0.1) is 13.8 Å². The second-order valence-corrected chi connectivity index (χ2v) is 4.96. The summed E-state index contributed by atoms with van der Waals surface area (Å²) in [5.74, 6) is 4.02. The summed E-state index contributed by atoms with van der Waals surface area (Å²) in [6.45, 7) is 9.50. The van der Waals surface area contributed by atoms with Crippen molar-refractivity contribution >= 4 is 11.6 Å². The van der Waals surface area contributed by atoms with Crippen LogP contribution in [0.1, 0.15) is 43.3 Å². The highest BCUT2D eigenvalue weighted by atomic mass is 16.4. The summed E-state index contributed by atoms with van der Waals surface area (Å²) in [5, 5.41) is 6.64. The average Bonchev–Trinajstić information content (AvgIpc) is 2.90. The Labute approximate surface area is 125 Å². The van der Waals surface area contributed by atoms with Gasteiger partial charge in [0.05, 0.1) is 12.7 Å². The first-order chi connectivity index (χ1) is 10.1. The average molecular weight is 289 g/mol. The Kier molecular flexibility index (Phi) is 5.14. The zero-order chi connectivity index (χ0) is 15.2. The molecule has 2 N–H and O–H groups in total. The summed E-state index contributed by atoms with van der Waals surface area (Å²) in [6.07, 6.45) is 3.58. The second kappa shape index (κ2) is 7.06. The molecule has 0 saturated carbocycles. The van der Waals surface area contributed by atoms with Crippen LogP contribution in [0.25, 0.3) is 0 Å². The molecule has 6 heteroatoms. The highest BCUT2D eigenvalue weighted by molar-refractivity contribution is 5.57. The number of aryl methyl sites for hydroxylation is 2. The van der Waals surface area contributed by atoms with E-state index in [2.05, 4.69) is 39.4 Å². The van der Waals surface area contributed by atoms with Gasteiger partial charge in [0.25, 0.3) is 0 Å². The molecule has 2 aromatic heterocycles. The molecule has 0 aliphatic carbocycles. The quantitative estimate of drug-likeness (QED) is 0.815. The van der Waals surface area contributed by atoms with Crippen LogP contribution in [0.4, 0.5) is 11.6 Å². The largest absolute Gasteiger partial charge is 0.444 e. The van der Waals surface area contributed by atoms with Crippen molar-refractivity contribution in [1.29, 1.82) is 0 Å². The molecule has 2 aromatic rings. The first-order valence-corrected chi connectivity index (χ1v) is 7.40. The summed E-state index contributed by atoms with van der Waals surface area (Å²) in [7, 11) is 0. The molecule has 2 heterocycles. The molecule has 0 amide bonds. The van der Waals surface area contributed by atoms with Crippen molar-refractivity contribution in [3.05, 3.63) is 29.2 Å². The molecule has 21 heavy (non-hydrogen) atoms. The number of hydrogen-bond donors (Lipinski definition) is 2. The van der Waals surface area contributed by atoms with E-state index < -0.39 is 0 Å². The van der Waals surface area contributed by atoms with Gasteiger partial charge in [0, 0.05) is 18.5 Å². The molecule has 0 aliphatic heterocycles. The van der Waals surface area contributed by atoms with Gasteiger partial charge in [0.2, 0.25) is 5.89 Å². The molecule has 0 unspecified atom stereocenters. The van der Waals surface area contributed by atoms with Crippen LogP contribution >= 0.6 is 0 Å². The minimum atomic E-state index is 0.516. The fraction of sp³-hybridized carbons (Fsp3) is 0.533. The molecular formula is C15H23N5O. The number of rotatable bonds is 7. The van der Waals surface area contributed by atoms with Crippen LogP contribution in [0.2, 0.25) is 0 Å². The van der Waals surface area contributed by atoms with Gasteiger partial charge in [-0.1, -0.05) is 13.8 Å². The van der Waals surface area contributed by atoms with Crippen molar-refractivity contribution in [2.75, 3.05) is 17.2 Å². The second-order valence-electron chi connectivity index (χ2n) is 4.96. The van der Waals surface area contributed by atoms with Crippen LogP contribution in [0.3, 0.4) is 0 Å². The molecule has 114 valence electrons. The Morgan fingerprint density at radius 3 is 2.38 bits per heavy atom. The Hall–Kier alpha value is -2.11. The molecule has 0 aliphatic rings. The zero-order valence-corrected chi connectivity index (χ0v) is 13.2. The van der Waals surface area contributed by atoms with Crippen LogP contribution in [0.5, 0.6) is 0 Å². The maximum absolute atomic E-state index is 5.46. The molecule has 0 radical (unpaired) electrons. The van der Waals surface area contributed by atoms with Crippen molar-refractivity contribution in [2.24, 2.45) is 0 Å². The predicted molar refractivity (Wildman–Crippen MR) is 83.5 cm³/mol. The zero-order valence-electron chi connectivity index (χ0n) is 13.2. The molecule has 0 atom stereocenters. The van der Waals surface area contributed by atoms with E-state index in [1.807, 2.05) is 13.8 Å². The van der Waals surface area contributed by atoms with Gasteiger partial charge in [-0.15, -0.1) is 0 Å². The molecule has 0 saturated heterocycles. The standard InChI is InChI=1S/C15H23N5O/c1-5-7-16-14-11(4)15(20-12(6-2)19-14)18-9-13-17-8-10(3)21-13/h8H,5-7,9H2,1-4H3,(H2,16,18,19,20). The van der Waals surface area contributed by atoms with Gasteiger partial charge in [-0.05, 0) is 20.3 Å². The summed E-state index contributed by atoms with van der Waals surface area (Å²) in [6, 6.07) is 0. The predicted octanol–water partition coefficient (Wildman–Crippen LogP) is 3.08. The van der Waals surface area contributed by atoms with Crippen molar-refractivity contribution in [2.45, 2.75) is 47.1 Å². The topological polar surface area (TPSA) is 75.9 Å². The van der Waals surface area contributed by atoms with Crippen LogP contribution in [-0.4, -0.2) is 21.5 Å². The number of aromatic nitrogens is 3. The van der Waals surface area contributed by atoms with E-state index in [0.29, 0.717) is 12.4 Å². The summed E-state index contributed by atoms with van der Waals surface area (Å²) in [4.78, 5) is 13.3. The lowest BCUT2D eigenvalue weighted by atomic mass is 10.2. The van der Waals surface area contributed by atoms with E-state index >= 15 is 0 Å². The Morgan fingerprint density at radius 1 is 1.10 bits per heavy atom. The van der Waals surface area contributed by atoms with Crippen LogP contribution < -0.4 is 10.6 Å². The van der Waals surface area contributed by atoms with Crippen LogP contribution in [0.15, 0.2) is 10.6 Å². The Balaban J connectivity index is 2.16. The number of nitrogens with zero attached hydrogens (tertiary/aromatic N) is 3. The Bertz CT molecular complexity index is 594. The molecular weight excluding hydrogens is 266 g/mol. The van der Waals surface area contributed by atoms with Crippen molar-refractivity contribution in [1.82, 2.24) is 15.0 Å². The lowest BCUT2D eigenvalue weighted by Crippen LogP contribution is -2.11. The monoisotopic (exact) mass is 289 g/mol. The number of oxazole rings is 1. The summed E-state index contributed by atoms with van der Waals surface area (Å²) in [5.41, 5.74) is 1.02. The maximum Gasteiger partial charge on any atom is 0.213 e. The van der Waals surface area contributed by atoms with Crippen molar-refractivity contribution in [3.63, 3.8) is 0 Å². The first kappa shape index (κ1) is 15.3. The number of anilines is 2. The Morgan fingerprint density at radius 2 is 1.81 bits per heavy atom. The van der Waals surface area contributed by atoms with E-state index in [1.54, 1.807) is 6.20 Å². The maximum atomic E-state index is 5.46. The highest BCUT2D eigenvalue weighted by Crippen LogP contribution is 2.21. The van der Waals surface area contributed by atoms with E-state index in [4.69, 9.17) is 4.42 Å². The number of hydrogen-bond acceptors (Lipinski definition) is 6. The van der Waals surface area contributed by atoms with Gasteiger partial charge < -0.3 is 15.1 Å². The SMILES string of the molecule is CCCNc1nc(CC)nc(NCc2ncc(C)o2)c1C. The minimum absolute atomic E-state index is 0.516. The lowest BCUT2D eigenvalue weighted by Gasteiger charge is -2.14. The van der Waals surface area contributed by atoms with Gasteiger partial charge >= 0.3 is 0 Å². The third-order valence-corrected chi connectivity index (χ3v) is 3.13. The first-order valence-electron chi connectivity index (χ1n) is 7.40. The fourth-order valence-corrected chi connectivity index (χ4v) is 1.95. The minimum Gasteiger partial charge on any atom is -0.444 e. The normalized spacial score (nSPS) is 10.7. The molecule has 0 aromatic carbocycles. The molecule has 0 spiro atoms. The van der Waals surface area contributed by atoms with Gasteiger partial charge in [0.1, 0.15) is 23.2 Å². The molecule has 6 nitrogen and oxygen atoms in total. The molecule has 0 bridgehead atoms. The summed E-state index contributed by atoms with van der Waals surface area (Å²) >= 11 is 0. The van der Waals surface area contributed by atoms with Gasteiger partial charge in [0.15, 0.2) is 0 Å². The van der Waals surface area contributed by atoms with E-state index in [9.17, 15) is 0 Å². The third-order valence-electron chi connectivity index (χ3n) is 3.13. The van der Waals surface area contributed by atoms with Gasteiger partial charge in [-0.2, -0.15) is 0 Å². The molecule has 2 rings (SSSR count). The van der Waals surface area contributed by atoms with Crippen molar-refractivity contribution < 1.29 is 4.42 Å². The van der Waals surface area contributed by atoms with E-state index in [0.717, 1.165) is 48.2 Å². The number of nitrogens with one attached hydrogen (secondary N) is 2. The molecule has 0 fully saturated rings. The lowest BCUT2D eigenvalue weighted by molar-refractivity contribution is 0.478. The fourth-order valence-electron chi connectivity index (χ4n) is 1.95. The van der Waals surface area contributed by atoms with Gasteiger partial charge in [-0.25, -0.2) is 15.0 Å². The van der Waals surface area contributed by atoms with E-state index in [1.165, 1.54) is 0 Å². The van der Waals surface area contributed by atoms with Crippen LogP contribution in [-0.2, 0) is 13.0 Å². The van der Waals surface area contributed by atoms with Gasteiger partial charge in [-0.3, -0.25) is 0 Å². The smallest absolute Gasteiger partial charge is 0.213 e.